The minimum Gasteiger partial charge on any atom is -0.461 e. The highest BCUT2D eigenvalue weighted by Crippen LogP contribution is 2.43. The Morgan fingerprint density at radius 3 is 2.70 bits per heavy atom. The van der Waals surface area contributed by atoms with Crippen LogP contribution in [0.1, 0.15) is 73.9 Å². The van der Waals surface area contributed by atoms with Crippen LogP contribution in [0.4, 0.5) is 4.39 Å². The summed E-state index contributed by atoms with van der Waals surface area (Å²) in [6.07, 6.45) is 4.81. The normalized spacial score (nSPS) is 24.5. The Balaban J connectivity index is 1.76. The fourth-order valence-electron chi connectivity index (χ4n) is 4.15. The van der Waals surface area contributed by atoms with Crippen LogP contribution < -0.4 is 10.1 Å². The van der Waals surface area contributed by atoms with Gasteiger partial charge in [0.2, 0.25) is 11.7 Å². The quantitative estimate of drug-likeness (QED) is 0.699. The molecule has 5 nitrogen and oxygen atoms in total. The van der Waals surface area contributed by atoms with Gasteiger partial charge in [0, 0.05) is 29.9 Å². The van der Waals surface area contributed by atoms with Crippen LogP contribution in [0.3, 0.4) is 0 Å². The second kappa shape index (κ2) is 7.75. The summed E-state index contributed by atoms with van der Waals surface area (Å²) in [5, 5.41) is 13.9. The number of aromatic nitrogens is 1. The lowest BCUT2D eigenvalue weighted by molar-refractivity contribution is 0.0197. The van der Waals surface area contributed by atoms with Gasteiger partial charge >= 0.3 is 0 Å². The minimum absolute atomic E-state index is 0.156. The molecule has 2 aromatic rings. The van der Waals surface area contributed by atoms with Crippen LogP contribution in [0, 0.1) is 5.82 Å². The highest BCUT2D eigenvalue weighted by atomic mass is 19.1. The molecular weight excluding hydrogens is 383 g/mol. The summed E-state index contributed by atoms with van der Waals surface area (Å²) < 4.78 is 20.3. The first-order valence-corrected chi connectivity index (χ1v) is 10.6. The Labute approximate surface area is 176 Å². The monoisotopic (exact) mass is 412 g/mol. The summed E-state index contributed by atoms with van der Waals surface area (Å²) in [5.74, 6) is 0.00254. The number of benzene rings is 1. The standard InChI is InChI=1S/C24H29FN2O3/c1-15-10-11-24(14-27-15,30-22-20(23(2,3)29)5-4-12-26-22)21(28)18-9-8-17(25)13-19(18)16-6-7-16/h4-5,8-9,12-13,15-16,27,29H,6-7,10-11,14H2,1-3H3/t15-,24-/m1/s1. The highest BCUT2D eigenvalue weighted by molar-refractivity contribution is 6.04. The number of pyridine rings is 1. The molecule has 0 bridgehead atoms. The van der Waals surface area contributed by atoms with Crippen molar-refractivity contribution in [2.45, 2.75) is 69.6 Å². The number of aliphatic hydroxyl groups is 1. The molecule has 2 atom stereocenters. The topological polar surface area (TPSA) is 71.5 Å². The molecule has 0 amide bonds. The molecule has 30 heavy (non-hydrogen) atoms. The van der Waals surface area contributed by atoms with Crippen molar-refractivity contribution in [3.05, 3.63) is 59.0 Å². The van der Waals surface area contributed by atoms with Crippen molar-refractivity contribution in [1.82, 2.24) is 10.3 Å². The smallest absolute Gasteiger partial charge is 0.220 e. The Hall–Kier alpha value is -2.31. The van der Waals surface area contributed by atoms with Gasteiger partial charge in [-0.2, -0.15) is 0 Å². The number of nitrogens with one attached hydrogen (secondary N) is 1. The maximum Gasteiger partial charge on any atom is 0.220 e. The molecule has 1 aromatic carbocycles. The van der Waals surface area contributed by atoms with E-state index < -0.39 is 11.2 Å². The van der Waals surface area contributed by atoms with E-state index in [1.165, 1.54) is 12.1 Å². The van der Waals surface area contributed by atoms with Crippen LogP contribution in [-0.4, -0.2) is 34.1 Å². The zero-order valence-corrected chi connectivity index (χ0v) is 17.7. The maximum atomic E-state index is 13.9. The molecule has 1 saturated carbocycles. The molecule has 2 fully saturated rings. The second-order valence-electron chi connectivity index (χ2n) is 9.17. The number of rotatable bonds is 6. The van der Waals surface area contributed by atoms with Crippen LogP contribution in [0.15, 0.2) is 36.5 Å². The van der Waals surface area contributed by atoms with Crippen molar-refractivity contribution in [2.24, 2.45) is 0 Å². The summed E-state index contributed by atoms with van der Waals surface area (Å²) in [4.78, 5) is 18.2. The first-order valence-electron chi connectivity index (χ1n) is 10.6. The molecule has 4 rings (SSSR count). The molecule has 0 spiro atoms. The van der Waals surface area contributed by atoms with E-state index in [1.54, 1.807) is 38.2 Å². The molecule has 0 unspecified atom stereocenters. The fraction of sp³-hybridized carbons (Fsp3) is 0.500. The molecule has 2 aliphatic rings. The summed E-state index contributed by atoms with van der Waals surface area (Å²) in [6, 6.07) is 8.18. The van der Waals surface area contributed by atoms with Gasteiger partial charge in [-0.1, -0.05) is 0 Å². The Kier molecular flexibility index (Phi) is 5.41. The van der Waals surface area contributed by atoms with E-state index in [1.807, 2.05) is 0 Å². The van der Waals surface area contributed by atoms with Crippen LogP contribution in [0.2, 0.25) is 0 Å². The van der Waals surface area contributed by atoms with Crippen molar-refractivity contribution in [3.8, 4) is 5.88 Å². The fourth-order valence-corrected chi connectivity index (χ4v) is 4.15. The predicted octanol–water partition coefficient (Wildman–Crippen LogP) is 4.10. The van der Waals surface area contributed by atoms with E-state index in [2.05, 4.69) is 17.2 Å². The molecule has 1 aliphatic carbocycles. The molecule has 160 valence electrons. The van der Waals surface area contributed by atoms with Gasteiger partial charge in [0.1, 0.15) is 5.82 Å². The zero-order chi connectivity index (χ0) is 21.5. The van der Waals surface area contributed by atoms with Gasteiger partial charge in [-0.15, -0.1) is 0 Å². The van der Waals surface area contributed by atoms with Gasteiger partial charge in [0.25, 0.3) is 0 Å². The van der Waals surface area contributed by atoms with E-state index in [0.29, 0.717) is 24.1 Å². The van der Waals surface area contributed by atoms with E-state index in [0.717, 1.165) is 24.8 Å². The molecule has 6 heteroatoms. The van der Waals surface area contributed by atoms with Crippen molar-refractivity contribution in [2.75, 3.05) is 6.54 Å². The van der Waals surface area contributed by atoms with Crippen molar-refractivity contribution >= 4 is 5.78 Å². The third-order valence-electron chi connectivity index (χ3n) is 6.13. The number of piperidine rings is 1. The van der Waals surface area contributed by atoms with Gasteiger partial charge in [-0.25, -0.2) is 9.37 Å². The number of hydrogen-bond donors (Lipinski definition) is 2. The number of carbonyl (C=O) groups is 1. The first-order chi connectivity index (χ1) is 14.2. The Morgan fingerprint density at radius 1 is 1.30 bits per heavy atom. The van der Waals surface area contributed by atoms with Gasteiger partial charge in [-0.05, 0) is 88.3 Å². The predicted molar refractivity (Wildman–Crippen MR) is 112 cm³/mol. The third-order valence-corrected chi connectivity index (χ3v) is 6.13. The average Bonchev–Trinajstić information content (AvgIpc) is 3.54. The minimum atomic E-state index is -1.17. The van der Waals surface area contributed by atoms with Crippen LogP contribution in [0.5, 0.6) is 5.88 Å². The number of Topliss-reactive ketones (excluding diaryl/α,β-unsaturated/α-hetero) is 1. The number of halogens is 1. The molecule has 1 saturated heterocycles. The summed E-state index contributed by atoms with van der Waals surface area (Å²) >= 11 is 0. The number of hydrogen-bond acceptors (Lipinski definition) is 5. The van der Waals surface area contributed by atoms with Crippen LogP contribution >= 0.6 is 0 Å². The van der Waals surface area contributed by atoms with Gasteiger partial charge < -0.3 is 15.2 Å². The van der Waals surface area contributed by atoms with Gasteiger partial charge in [0.05, 0.1) is 5.60 Å². The van der Waals surface area contributed by atoms with Gasteiger partial charge in [-0.3, -0.25) is 4.79 Å². The van der Waals surface area contributed by atoms with E-state index in [-0.39, 0.29) is 29.4 Å². The largest absolute Gasteiger partial charge is 0.461 e. The average molecular weight is 413 g/mol. The molecule has 1 aliphatic heterocycles. The van der Waals surface area contributed by atoms with Gasteiger partial charge in [0.15, 0.2) is 5.60 Å². The zero-order valence-electron chi connectivity index (χ0n) is 17.7. The lowest BCUT2D eigenvalue weighted by Crippen LogP contribution is -2.58. The molecule has 2 N–H and O–H groups in total. The number of nitrogens with zero attached hydrogens (tertiary/aromatic N) is 1. The Morgan fingerprint density at radius 2 is 2.07 bits per heavy atom. The van der Waals surface area contributed by atoms with Crippen molar-refractivity contribution < 1.29 is 19.0 Å². The van der Waals surface area contributed by atoms with E-state index in [4.69, 9.17) is 4.74 Å². The third kappa shape index (κ3) is 4.12. The highest BCUT2D eigenvalue weighted by Gasteiger charge is 2.46. The lowest BCUT2D eigenvalue weighted by atomic mass is 9.82. The Bertz CT molecular complexity index is 942. The first kappa shape index (κ1) is 20.9. The second-order valence-corrected chi connectivity index (χ2v) is 9.17. The number of carbonyl (C=O) groups excluding carboxylic acids is 1. The van der Waals surface area contributed by atoms with E-state index in [9.17, 15) is 14.3 Å². The summed E-state index contributed by atoms with van der Waals surface area (Å²) in [6.45, 7) is 5.73. The molecule has 0 radical (unpaired) electrons. The SMILES string of the molecule is C[C@@H]1CC[C@](Oc2ncccc2C(C)(C)O)(C(=O)c2ccc(F)cc2C2CC2)CN1. The number of ketones is 1. The molecule has 2 heterocycles. The molecular formula is C24H29FN2O3. The van der Waals surface area contributed by atoms with E-state index >= 15 is 0 Å². The summed E-state index contributed by atoms with van der Waals surface area (Å²) in [7, 11) is 0. The van der Waals surface area contributed by atoms with Crippen molar-refractivity contribution in [1.29, 1.82) is 0 Å². The van der Waals surface area contributed by atoms with Crippen LogP contribution in [0.25, 0.3) is 0 Å². The maximum absolute atomic E-state index is 13.9. The number of ether oxygens (including phenoxy) is 1. The van der Waals surface area contributed by atoms with Crippen LogP contribution in [-0.2, 0) is 5.60 Å². The summed E-state index contributed by atoms with van der Waals surface area (Å²) in [5.41, 5.74) is -0.515. The lowest BCUT2D eigenvalue weighted by Gasteiger charge is -2.39. The van der Waals surface area contributed by atoms with Crippen molar-refractivity contribution in [3.63, 3.8) is 0 Å². The molecule has 1 aromatic heterocycles.